The number of fused-ring (bicyclic) bond motifs is 1. The number of anilines is 1. The zero-order valence-electron chi connectivity index (χ0n) is 18.0. The molecule has 1 fully saturated rings. The Morgan fingerprint density at radius 2 is 2.06 bits per heavy atom. The van der Waals surface area contributed by atoms with Gasteiger partial charge in [0.1, 0.15) is 23.3 Å². The number of rotatable bonds is 6. The number of furan rings is 1. The normalized spacial score (nSPS) is 17.6. The molecule has 0 saturated carbocycles. The average Bonchev–Trinajstić information content (AvgIpc) is 3.56. The van der Waals surface area contributed by atoms with Crippen LogP contribution in [0.2, 0.25) is 5.02 Å². The topological polar surface area (TPSA) is 92.9 Å². The number of carbonyl (C=O) groups excluding carboxylic acids is 2. The molecule has 4 aromatic rings. The van der Waals surface area contributed by atoms with Gasteiger partial charge in [-0.05, 0) is 48.9 Å². The highest BCUT2D eigenvalue weighted by atomic mass is 35.5. The lowest BCUT2D eigenvalue weighted by Crippen LogP contribution is -2.29. The van der Waals surface area contributed by atoms with Crippen LogP contribution in [0.15, 0.2) is 70.9 Å². The number of thiazole rings is 1. The van der Waals surface area contributed by atoms with E-state index in [1.54, 1.807) is 54.6 Å². The van der Waals surface area contributed by atoms with E-state index in [-0.39, 0.29) is 11.3 Å². The molecule has 0 bridgehead atoms. The molecule has 172 valence electrons. The number of aromatic nitrogens is 1. The first kappa shape index (κ1) is 22.2. The van der Waals surface area contributed by atoms with Gasteiger partial charge in [0.15, 0.2) is 5.13 Å². The van der Waals surface area contributed by atoms with Crippen molar-refractivity contribution in [3.05, 3.63) is 82.8 Å². The first-order valence-electron chi connectivity index (χ1n) is 10.6. The summed E-state index contributed by atoms with van der Waals surface area (Å²) >= 11 is 7.33. The van der Waals surface area contributed by atoms with Crippen molar-refractivity contribution in [1.29, 1.82) is 0 Å². The van der Waals surface area contributed by atoms with Gasteiger partial charge in [0.25, 0.3) is 5.78 Å². The molecular weight excluding hydrogens is 476 g/mol. The number of amides is 1. The minimum absolute atomic E-state index is 0.0788. The second-order valence-electron chi connectivity index (χ2n) is 7.67. The maximum absolute atomic E-state index is 13.2. The van der Waals surface area contributed by atoms with Crippen LogP contribution in [0.3, 0.4) is 0 Å². The summed E-state index contributed by atoms with van der Waals surface area (Å²) in [5.74, 6) is -1.05. The van der Waals surface area contributed by atoms with E-state index in [2.05, 4.69) is 4.98 Å². The number of nitrogens with zero attached hydrogens (tertiary/aromatic N) is 2. The zero-order chi connectivity index (χ0) is 23.8. The van der Waals surface area contributed by atoms with E-state index in [1.165, 1.54) is 22.5 Å². The number of Topliss-reactive ketones (excluding diaryl/α,β-unsaturated/α-hetero) is 1. The Kier molecular flexibility index (Phi) is 5.85. The van der Waals surface area contributed by atoms with Gasteiger partial charge in [-0.15, -0.1) is 0 Å². The van der Waals surface area contributed by atoms with Crippen molar-refractivity contribution in [3.8, 4) is 5.75 Å². The highest BCUT2D eigenvalue weighted by Crippen LogP contribution is 2.44. The zero-order valence-corrected chi connectivity index (χ0v) is 19.6. The monoisotopic (exact) mass is 494 g/mol. The van der Waals surface area contributed by atoms with Crippen LogP contribution in [0.1, 0.15) is 30.7 Å². The van der Waals surface area contributed by atoms with E-state index in [1.807, 2.05) is 6.92 Å². The van der Waals surface area contributed by atoms with Crippen LogP contribution in [0.4, 0.5) is 5.13 Å². The van der Waals surface area contributed by atoms with Gasteiger partial charge in [-0.2, -0.15) is 0 Å². The summed E-state index contributed by atoms with van der Waals surface area (Å²) < 4.78 is 12.0. The van der Waals surface area contributed by atoms with Gasteiger partial charge in [0.05, 0.1) is 28.7 Å². The van der Waals surface area contributed by atoms with Crippen molar-refractivity contribution >= 4 is 55.7 Å². The quantitative estimate of drug-likeness (QED) is 0.202. The molecule has 1 amide bonds. The first-order valence-corrected chi connectivity index (χ1v) is 11.8. The predicted octanol–water partition coefficient (Wildman–Crippen LogP) is 5.96. The van der Waals surface area contributed by atoms with Crippen molar-refractivity contribution in [2.24, 2.45) is 0 Å². The summed E-state index contributed by atoms with van der Waals surface area (Å²) in [6, 6.07) is 14.3. The largest absolute Gasteiger partial charge is 0.507 e. The standard InChI is InChI=1S/C25H19ClN2O5S/c1-2-10-32-16-6-3-5-14(12-16)22(29)20-21(18-7-4-11-33-18)28(24(31)23(20)30)25-27-17-9-8-15(26)13-19(17)34-25/h3-9,11-13,21,29H,2,10H2,1H3. The van der Waals surface area contributed by atoms with E-state index < -0.39 is 17.7 Å². The number of benzene rings is 2. The molecule has 2 aromatic carbocycles. The lowest BCUT2D eigenvalue weighted by Gasteiger charge is -2.20. The molecule has 9 heteroatoms. The molecule has 1 N–H and O–H groups in total. The van der Waals surface area contributed by atoms with Crippen molar-refractivity contribution in [3.63, 3.8) is 0 Å². The Hall–Kier alpha value is -3.62. The van der Waals surface area contributed by atoms with E-state index >= 15 is 0 Å². The molecule has 1 aliphatic rings. The Morgan fingerprint density at radius 1 is 1.21 bits per heavy atom. The van der Waals surface area contributed by atoms with Gasteiger partial charge < -0.3 is 14.3 Å². The van der Waals surface area contributed by atoms with Gasteiger partial charge in [0, 0.05) is 10.6 Å². The predicted molar refractivity (Wildman–Crippen MR) is 130 cm³/mol. The second-order valence-corrected chi connectivity index (χ2v) is 9.11. The van der Waals surface area contributed by atoms with Gasteiger partial charge in [-0.25, -0.2) is 4.98 Å². The average molecular weight is 495 g/mol. The van der Waals surface area contributed by atoms with Gasteiger partial charge >= 0.3 is 5.91 Å². The van der Waals surface area contributed by atoms with Crippen LogP contribution < -0.4 is 9.64 Å². The number of halogens is 1. The molecule has 3 heterocycles. The number of ketones is 1. The summed E-state index contributed by atoms with van der Waals surface area (Å²) in [6.45, 7) is 2.51. The fourth-order valence-corrected chi connectivity index (χ4v) is 5.11. The molecule has 2 aromatic heterocycles. The van der Waals surface area contributed by atoms with Crippen LogP contribution >= 0.6 is 22.9 Å². The first-order chi connectivity index (χ1) is 16.5. The molecule has 0 radical (unpaired) electrons. The number of hydrogen-bond acceptors (Lipinski definition) is 7. The van der Waals surface area contributed by atoms with Gasteiger partial charge in [0.2, 0.25) is 0 Å². The second kappa shape index (κ2) is 8.96. The lowest BCUT2D eigenvalue weighted by molar-refractivity contribution is -0.132. The molecule has 1 atom stereocenters. The number of ether oxygens (including phenoxy) is 1. The fourth-order valence-electron chi connectivity index (χ4n) is 3.84. The van der Waals surface area contributed by atoms with Crippen LogP contribution in [-0.4, -0.2) is 28.4 Å². The van der Waals surface area contributed by atoms with Crippen molar-refractivity contribution in [1.82, 2.24) is 4.98 Å². The molecule has 1 unspecified atom stereocenters. The van der Waals surface area contributed by atoms with Crippen molar-refractivity contribution < 1.29 is 23.8 Å². The molecule has 7 nitrogen and oxygen atoms in total. The summed E-state index contributed by atoms with van der Waals surface area (Å²) in [6.07, 6.45) is 2.28. The molecule has 0 spiro atoms. The van der Waals surface area contributed by atoms with Gasteiger partial charge in [-0.1, -0.05) is 42.0 Å². The number of aliphatic hydroxyl groups is 1. The lowest BCUT2D eigenvalue weighted by atomic mass is 9.99. The molecular formula is C25H19ClN2O5S. The number of carbonyl (C=O) groups is 2. The Morgan fingerprint density at radius 3 is 2.82 bits per heavy atom. The molecule has 34 heavy (non-hydrogen) atoms. The molecule has 5 rings (SSSR count). The third kappa shape index (κ3) is 3.85. The van der Waals surface area contributed by atoms with Crippen LogP contribution in [0, 0.1) is 0 Å². The van der Waals surface area contributed by atoms with Crippen molar-refractivity contribution in [2.75, 3.05) is 11.5 Å². The Balaban J connectivity index is 1.65. The summed E-state index contributed by atoms with van der Waals surface area (Å²) in [4.78, 5) is 32.2. The van der Waals surface area contributed by atoms with Crippen molar-refractivity contribution in [2.45, 2.75) is 19.4 Å². The Labute approximate surface area is 203 Å². The maximum atomic E-state index is 13.2. The summed E-state index contributed by atoms with van der Waals surface area (Å²) in [7, 11) is 0. The van der Waals surface area contributed by atoms with Crippen LogP contribution in [-0.2, 0) is 9.59 Å². The highest BCUT2D eigenvalue weighted by molar-refractivity contribution is 7.22. The van der Waals surface area contributed by atoms with E-state index in [0.29, 0.717) is 39.4 Å². The SMILES string of the molecule is CCCOc1cccc(C(O)=C2C(=O)C(=O)N(c3nc4ccc(Cl)cc4s3)C2c2ccco2)c1. The smallest absolute Gasteiger partial charge is 0.302 e. The van der Waals surface area contributed by atoms with E-state index in [9.17, 15) is 14.7 Å². The molecule has 1 saturated heterocycles. The van der Waals surface area contributed by atoms with E-state index in [0.717, 1.165) is 11.1 Å². The maximum Gasteiger partial charge on any atom is 0.302 e. The fraction of sp³-hybridized carbons (Fsp3) is 0.160. The number of aliphatic hydroxyl groups excluding tert-OH is 1. The minimum atomic E-state index is -0.980. The molecule has 0 aliphatic carbocycles. The third-order valence-corrected chi connectivity index (χ3v) is 6.64. The third-order valence-electron chi connectivity index (χ3n) is 5.38. The van der Waals surface area contributed by atoms with Gasteiger partial charge in [-0.3, -0.25) is 14.5 Å². The Bertz CT molecular complexity index is 1430. The van der Waals surface area contributed by atoms with E-state index in [4.69, 9.17) is 20.8 Å². The summed E-state index contributed by atoms with van der Waals surface area (Å²) in [5, 5.41) is 12.1. The minimum Gasteiger partial charge on any atom is -0.507 e. The highest BCUT2D eigenvalue weighted by Gasteiger charge is 2.49. The molecule has 1 aliphatic heterocycles. The van der Waals surface area contributed by atoms with Crippen LogP contribution in [0.5, 0.6) is 5.75 Å². The summed E-state index contributed by atoms with van der Waals surface area (Å²) in [5.41, 5.74) is 0.925. The number of hydrogen-bond donors (Lipinski definition) is 1. The van der Waals surface area contributed by atoms with Crippen LogP contribution in [0.25, 0.3) is 16.0 Å².